The van der Waals surface area contributed by atoms with Crippen LogP contribution in [0, 0.1) is 23.2 Å². The molecule has 0 saturated carbocycles. The first-order valence-electron chi connectivity index (χ1n) is 5.50. The quantitative estimate of drug-likeness (QED) is 0.740. The summed E-state index contributed by atoms with van der Waals surface area (Å²) in [5, 5.41) is 11.9. The van der Waals surface area contributed by atoms with Crippen LogP contribution in [0.15, 0.2) is 0 Å². The lowest BCUT2D eigenvalue weighted by atomic mass is 9.98. The first-order chi connectivity index (χ1) is 7.15. The molecule has 1 aliphatic rings. The van der Waals surface area contributed by atoms with Crippen molar-refractivity contribution in [2.24, 2.45) is 11.8 Å². The van der Waals surface area contributed by atoms with Crippen LogP contribution in [-0.2, 0) is 4.79 Å². The number of carbonyl (C=O) groups is 1. The van der Waals surface area contributed by atoms with E-state index in [4.69, 9.17) is 5.26 Å². The Balaban J connectivity index is 2.41. The van der Waals surface area contributed by atoms with Crippen molar-refractivity contribution >= 4 is 5.91 Å². The van der Waals surface area contributed by atoms with E-state index in [-0.39, 0.29) is 17.7 Å². The van der Waals surface area contributed by atoms with Crippen molar-refractivity contribution in [1.29, 1.82) is 5.26 Å². The molecule has 0 aromatic rings. The lowest BCUT2D eigenvalue weighted by Gasteiger charge is -2.27. The van der Waals surface area contributed by atoms with Gasteiger partial charge < -0.3 is 10.2 Å². The largest absolute Gasteiger partial charge is 0.344 e. The predicted molar refractivity (Wildman–Crippen MR) is 58.0 cm³/mol. The number of amides is 1. The zero-order chi connectivity index (χ0) is 11.3. The lowest BCUT2D eigenvalue weighted by Crippen LogP contribution is -2.42. The second kappa shape index (κ2) is 5.72. The summed E-state index contributed by atoms with van der Waals surface area (Å²) in [4.78, 5) is 13.6. The molecule has 4 nitrogen and oxygen atoms in total. The third kappa shape index (κ3) is 3.52. The number of piperidine rings is 1. The summed E-state index contributed by atoms with van der Waals surface area (Å²) in [6, 6.07) is 2.14. The summed E-state index contributed by atoms with van der Waals surface area (Å²) >= 11 is 0. The van der Waals surface area contributed by atoms with Crippen LogP contribution in [0.2, 0.25) is 0 Å². The van der Waals surface area contributed by atoms with Crippen LogP contribution in [0.4, 0.5) is 0 Å². The Bertz CT molecular complexity index is 253. The van der Waals surface area contributed by atoms with Crippen molar-refractivity contribution in [2.75, 3.05) is 26.7 Å². The van der Waals surface area contributed by atoms with Crippen LogP contribution in [0.3, 0.4) is 0 Å². The summed E-state index contributed by atoms with van der Waals surface area (Å²) in [6.45, 7) is 4.17. The molecule has 0 aromatic heterocycles. The van der Waals surface area contributed by atoms with Crippen molar-refractivity contribution < 1.29 is 4.79 Å². The highest BCUT2D eigenvalue weighted by Crippen LogP contribution is 2.13. The van der Waals surface area contributed by atoms with Crippen LogP contribution >= 0.6 is 0 Å². The smallest absolute Gasteiger partial charge is 0.226 e. The molecule has 1 amide bonds. The van der Waals surface area contributed by atoms with E-state index in [1.807, 2.05) is 6.92 Å². The molecular formula is C11H19N3O. The molecule has 0 bridgehead atoms. The van der Waals surface area contributed by atoms with Crippen molar-refractivity contribution in [1.82, 2.24) is 10.2 Å². The Morgan fingerprint density at radius 3 is 3.00 bits per heavy atom. The Hall–Kier alpha value is -1.08. The zero-order valence-electron chi connectivity index (χ0n) is 9.49. The van der Waals surface area contributed by atoms with Crippen LogP contribution in [0.25, 0.3) is 0 Å². The van der Waals surface area contributed by atoms with Crippen molar-refractivity contribution in [3.05, 3.63) is 0 Å². The van der Waals surface area contributed by atoms with Gasteiger partial charge in [0.2, 0.25) is 5.91 Å². The SMILES string of the molecule is CC(C#N)CN(C)C(=O)[C@@H]1CCCNC1. The minimum Gasteiger partial charge on any atom is -0.344 e. The Morgan fingerprint density at radius 2 is 2.47 bits per heavy atom. The van der Waals surface area contributed by atoms with E-state index >= 15 is 0 Å². The third-order valence-corrected chi connectivity index (χ3v) is 2.79. The number of nitrogens with zero attached hydrogens (tertiary/aromatic N) is 2. The molecule has 0 aromatic carbocycles. The molecule has 1 fully saturated rings. The molecular weight excluding hydrogens is 190 g/mol. The maximum atomic E-state index is 11.9. The summed E-state index contributed by atoms with van der Waals surface area (Å²) in [6.07, 6.45) is 2.04. The highest BCUT2D eigenvalue weighted by atomic mass is 16.2. The fourth-order valence-electron chi connectivity index (χ4n) is 1.92. The van der Waals surface area contributed by atoms with Crippen molar-refractivity contribution in [2.45, 2.75) is 19.8 Å². The molecule has 1 aliphatic heterocycles. The zero-order valence-corrected chi connectivity index (χ0v) is 9.49. The Kier molecular flexibility index (Phi) is 4.57. The average molecular weight is 209 g/mol. The summed E-state index contributed by atoms with van der Waals surface area (Å²) in [5.74, 6) is 0.189. The number of hydrogen-bond acceptors (Lipinski definition) is 3. The summed E-state index contributed by atoms with van der Waals surface area (Å²) in [5.41, 5.74) is 0. The van der Waals surface area contributed by atoms with Gasteiger partial charge in [-0.05, 0) is 26.3 Å². The minimum atomic E-state index is -0.0875. The maximum absolute atomic E-state index is 11.9. The van der Waals surface area contributed by atoms with Gasteiger partial charge in [-0.3, -0.25) is 4.79 Å². The van der Waals surface area contributed by atoms with Gasteiger partial charge >= 0.3 is 0 Å². The lowest BCUT2D eigenvalue weighted by molar-refractivity contribution is -0.135. The first-order valence-corrected chi connectivity index (χ1v) is 5.50. The van der Waals surface area contributed by atoms with Gasteiger partial charge in [0.25, 0.3) is 0 Å². The molecule has 0 spiro atoms. The normalized spacial score (nSPS) is 22.9. The molecule has 1 unspecified atom stereocenters. The van der Waals surface area contributed by atoms with Crippen LogP contribution in [-0.4, -0.2) is 37.5 Å². The molecule has 4 heteroatoms. The Labute approximate surface area is 91.2 Å². The van der Waals surface area contributed by atoms with Gasteiger partial charge in [-0.2, -0.15) is 5.26 Å². The summed E-state index contributed by atoms with van der Waals surface area (Å²) in [7, 11) is 1.78. The fraction of sp³-hybridized carbons (Fsp3) is 0.818. The molecule has 15 heavy (non-hydrogen) atoms. The van der Waals surface area contributed by atoms with Gasteiger partial charge in [-0.25, -0.2) is 0 Å². The minimum absolute atomic E-state index is 0.0875. The van der Waals surface area contributed by atoms with E-state index in [0.29, 0.717) is 6.54 Å². The van der Waals surface area contributed by atoms with E-state index in [2.05, 4.69) is 11.4 Å². The van der Waals surface area contributed by atoms with E-state index in [1.165, 1.54) is 0 Å². The van der Waals surface area contributed by atoms with E-state index in [0.717, 1.165) is 25.9 Å². The average Bonchev–Trinajstić information content (AvgIpc) is 2.29. The van der Waals surface area contributed by atoms with Crippen LogP contribution in [0.5, 0.6) is 0 Å². The van der Waals surface area contributed by atoms with E-state index < -0.39 is 0 Å². The number of nitrogens with one attached hydrogen (secondary N) is 1. The molecule has 2 atom stereocenters. The molecule has 1 saturated heterocycles. The maximum Gasteiger partial charge on any atom is 0.226 e. The van der Waals surface area contributed by atoms with Crippen LogP contribution < -0.4 is 5.32 Å². The second-order valence-electron chi connectivity index (χ2n) is 4.29. The van der Waals surface area contributed by atoms with Gasteiger partial charge in [-0.1, -0.05) is 0 Å². The van der Waals surface area contributed by atoms with Gasteiger partial charge in [0.15, 0.2) is 0 Å². The van der Waals surface area contributed by atoms with Crippen LogP contribution in [0.1, 0.15) is 19.8 Å². The van der Waals surface area contributed by atoms with Crippen molar-refractivity contribution in [3.63, 3.8) is 0 Å². The predicted octanol–water partition coefficient (Wildman–Crippen LogP) is 0.604. The highest BCUT2D eigenvalue weighted by molar-refractivity contribution is 5.78. The van der Waals surface area contributed by atoms with Crippen molar-refractivity contribution in [3.8, 4) is 6.07 Å². The fourth-order valence-corrected chi connectivity index (χ4v) is 1.92. The topological polar surface area (TPSA) is 56.1 Å². The molecule has 0 aliphatic carbocycles. The van der Waals surface area contributed by atoms with Gasteiger partial charge in [0.05, 0.1) is 17.9 Å². The third-order valence-electron chi connectivity index (χ3n) is 2.79. The number of hydrogen-bond donors (Lipinski definition) is 1. The highest BCUT2D eigenvalue weighted by Gasteiger charge is 2.24. The number of rotatable bonds is 3. The molecule has 1 rings (SSSR count). The molecule has 0 radical (unpaired) electrons. The van der Waals surface area contributed by atoms with E-state index in [9.17, 15) is 4.79 Å². The van der Waals surface area contributed by atoms with Gasteiger partial charge in [0, 0.05) is 20.1 Å². The Morgan fingerprint density at radius 1 is 1.73 bits per heavy atom. The molecule has 1 heterocycles. The molecule has 1 N–H and O–H groups in total. The van der Waals surface area contributed by atoms with Gasteiger partial charge in [0.1, 0.15) is 0 Å². The standard InChI is InChI=1S/C11H19N3O/c1-9(6-12)8-14(2)11(15)10-4-3-5-13-7-10/h9-10,13H,3-5,7-8H2,1-2H3/t9?,10-/m1/s1. The van der Waals surface area contributed by atoms with Gasteiger partial charge in [-0.15, -0.1) is 0 Å². The summed E-state index contributed by atoms with van der Waals surface area (Å²) < 4.78 is 0. The molecule has 84 valence electrons. The second-order valence-corrected chi connectivity index (χ2v) is 4.29. The number of nitriles is 1. The van der Waals surface area contributed by atoms with E-state index in [1.54, 1.807) is 11.9 Å². The first kappa shape index (κ1) is 12.0. The monoisotopic (exact) mass is 209 g/mol. The number of carbonyl (C=O) groups excluding carboxylic acids is 1.